The van der Waals surface area contributed by atoms with Crippen LogP contribution in [-0.2, 0) is 16.2 Å². The Bertz CT molecular complexity index is 1360. The summed E-state index contributed by atoms with van der Waals surface area (Å²) in [5.74, 6) is -0.441. The van der Waals surface area contributed by atoms with Crippen LogP contribution in [-0.4, -0.2) is 22.0 Å². The molecule has 0 fully saturated rings. The van der Waals surface area contributed by atoms with E-state index in [0.29, 0.717) is 16.8 Å². The molecular formula is C26H24N2O3. The number of carbonyl (C=O) groups is 2. The van der Waals surface area contributed by atoms with Crippen LogP contribution in [0.2, 0.25) is 0 Å². The summed E-state index contributed by atoms with van der Waals surface area (Å²) < 4.78 is 2.23. The fourth-order valence-electron chi connectivity index (χ4n) is 3.98. The summed E-state index contributed by atoms with van der Waals surface area (Å²) in [5, 5.41) is 5.95. The molecule has 156 valence electrons. The van der Waals surface area contributed by atoms with Crippen LogP contribution in [0.25, 0.3) is 21.8 Å². The molecule has 3 aromatic carbocycles. The van der Waals surface area contributed by atoms with Gasteiger partial charge in [0.2, 0.25) is 0 Å². The van der Waals surface area contributed by atoms with Gasteiger partial charge in [-0.15, -0.1) is 0 Å². The number of hydrogen-bond donors (Lipinski definition) is 0. The molecule has 4 rings (SSSR count). The van der Waals surface area contributed by atoms with E-state index in [4.69, 9.17) is 4.84 Å². The topological polar surface area (TPSA) is 60.7 Å². The molecule has 0 unspecified atom stereocenters. The van der Waals surface area contributed by atoms with Crippen molar-refractivity contribution in [3.63, 3.8) is 0 Å². The van der Waals surface area contributed by atoms with Gasteiger partial charge in [0.25, 0.3) is 0 Å². The van der Waals surface area contributed by atoms with Crippen molar-refractivity contribution in [1.29, 1.82) is 0 Å². The van der Waals surface area contributed by atoms with E-state index in [0.717, 1.165) is 39.5 Å². The summed E-state index contributed by atoms with van der Waals surface area (Å²) in [6.45, 7) is 7.99. The fourth-order valence-corrected chi connectivity index (χ4v) is 3.98. The van der Waals surface area contributed by atoms with E-state index < -0.39 is 5.97 Å². The monoisotopic (exact) mass is 412 g/mol. The van der Waals surface area contributed by atoms with Crippen LogP contribution in [0, 0.1) is 6.92 Å². The smallest absolute Gasteiger partial charge is 0.331 e. The second-order valence-electron chi connectivity index (χ2n) is 7.61. The molecule has 0 aliphatic heterocycles. The molecule has 5 heteroatoms. The maximum Gasteiger partial charge on any atom is 0.331 e. The van der Waals surface area contributed by atoms with Crippen molar-refractivity contribution in [3.8, 4) is 0 Å². The van der Waals surface area contributed by atoms with Crippen LogP contribution >= 0.6 is 0 Å². The lowest BCUT2D eigenvalue weighted by Crippen LogP contribution is -2.03. The van der Waals surface area contributed by atoms with E-state index in [1.54, 1.807) is 6.92 Å². The zero-order chi connectivity index (χ0) is 22.1. The van der Waals surface area contributed by atoms with Gasteiger partial charge in [0, 0.05) is 46.4 Å². The van der Waals surface area contributed by atoms with Crippen molar-refractivity contribution >= 4 is 39.3 Å². The van der Waals surface area contributed by atoms with Crippen molar-refractivity contribution in [2.75, 3.05) is 0 Å². The van der Waals surface area contributed by atoms with E-state index in [1.165, 1.54) is 6.92 Å². The van der Waals surface area contributed by atoms with Crippen LogP contribution in [0.15, 0.2) is 65.8 Å². The molecule has 5 nitrogen and oxygen atoms in total. The number of fused-ring (bicyclic) bond motifs is 3. The molecule has 0 saturated heterocycles. The van der Waals surface area contributed by atoms with Gasteiger partial charge in [0.15, 0.2) is 5.78 Å². The van der Waals surface area contributed by atoms with Gasteiger partial charge in [-0.2, -0.15) is 0 Å². The highest BCUT2D eigenvalue weighted by atomic mass is 16.7. The van der Waals surface area contributed by atoms with Crippen molar-refractivity contribution in [3.05, 3.63) is 82.9 Å². The maximum absolute atomic E-state index is 13.2. The summed E-state index contributed by atoms with van der Waals surface area (Å²) >= 11 is 0. The Labute approximate surface area is 180 Å². The van der Waals surface area contributed by atoms with Gasteiger partial charge in [-0.3, -0.25) is 4.79 Å². The van der Waals surface area contributed by atoms with Crippen LogP contribution < -0.4 is 0 Å². The standard InChI is InChI=1S/C26H24N2O3/c1-5-28-24-12-10-19(17(3)27-31-18(4)29)14-22(24)23-15-20(11-13-25(23)28)26(30)21-9-7-6-8-16(21)2/h6-15H,5H2,1-4H3/b27-17-. The van der Waals surface area contributed by atoms with Crippen LogP contribution in [0.4, 0.5) is 0 Å². The quantitative estimate of drug-likeness (QED) is 0.184. The average Bonchev–Trinajstić information content (AvgIpc) is 3.09. The lowest BCUT2D eigenvalue weighted by Gasteiger charge is -2.06. The van der Waals surface area contributed by atoms with Gasteiger partial charge < -0.3 is 9.40 Å². The molecule has 0 atom stereocenters. The molecule has 0 saturated carbocycles. The molecule has 0 aliphatic rings. The zero-order valence-corrected chi connectivity index (χ0v) is 18.1. The third-order valence-corrected chi connectivity index (χ3v) is 5.56. The Morgan fingerprint density at radius 2 is 1.52 bits per heavy atom. The Morgan fingerprint density at radius 3 is 2.13 bits per heavy atom. The molecule has 1 heterocycles. The number of oxime groups is 1. The number of nitrogens with zero attached hydrogens (tertiary/aromatic N) is 2. The van der Waals surface area contributed by atoms with Crippen molar-refractivity contribution in [2.45, 2.75) is 34.2 Å². The summed E-state index contributed by atoms with van der Waals surface area (Å²) in [6.07, 6.45) is 0. The Balaban J connectivity index is 1.89. The molecule has 31 heavy (non-hydrogen) atoms. The highest BCUT2D eigenvalue weighted by Gasteiger charge is 2.16. The predicted molar refractivity (Wildman–Crippen MR) is 124 cm³/mol. The molecule has 0 radical (unpaired) electrons. The first-order chi connectivity index (χ1) is 14.9. The summed E-state index contributed by atoms with van der Waals surface area (Å²) in [6, 6.07) is 19.6. The molecule has 0 N–H and O–H groups in total. The SMILES string of the molecule is CCn1c2ccc(C(=O)c3ccccc3C)cc2c2cc(/C(C)=N\OC(C)=O)ccc21. The van der Waals surface area contributed by atoms with Crippen molar-refractivity contribution in [1.82, 2.24) is 4.57 Å². The van der Waals surface area contributed by atoms with E-state index in [-0.39, 0.29) is 5.78 Å². The summed E-state index contributed by atoms with van der Waals surface area (Å²) in [5.41, 5.74) is 5.97. The van der Waals surface area contributed by atoms with Gasteiger partial charge in [-0.1, -0.05) is 35.5 Å². The number of benzene rings is 3. The Hall–Kier alpha value is -3.73. The van der Waals surface area contributed by atoms with Gasteiger partial charge in [0.1, 0.15) is 0 Å². The number of aromatic nitrogens is 1. The molecular weight excluding hydrogens is 388 g/mol. The Kier molecular flexibility index (Phi) is 5.42. The number of hydrogen-bond acceptors (Lipinski definition) is 4. The van der Waals surface area contributed by atoms with Gasteiger partial charge in [0.05, 0.1) is 5.71 Å². The fraction of sp³-hybridized carbons (Fsp3) is 0.192. The lowest BCUT2D eigenvalue weighted by molar-refractivity contribution is -0.140. The maximum atomic E-state index is 13.2. The average molecular weight is 412 g/mol. The van der Waals surface area contributed by atoms with Gasteiger partial charge >= 0.3 is 5.97 Å². The minimum atomic E-state index is -0.456. The van der Waals surface area contributed by atoms with Crippen molar-refractivity contribution < 1.29 is 14.4 Å². The zero-order valence-electron chi connectivity index (χ0n) is 18.1. The second kappa shape index (κ2) is 8.19. The molecule has 4 aromatic rings. The number of carbonyl (C=O) groups excluding carboxylic acids is 2. The first-order valence-electron chi connectivity index (χ1n) is 10.3. The van der Waals surface area contributed by atoms with Crippen LogP contribution in [0.1, 0.15) is 47.8 Å². The van der Waals surface area contributed by atoms with Crippen LogP contribution in [0.3, 0.4) is 0 Å². The van der Waals surface area contributed by atoms with E-state index in [1.807, 2.05) is 67.6 Å². The molecule has 1 aromatic heterocycles. The normalized spacial score (nSPS) is 11.8. The molecule has 0 amide bonds. The largest absolute Gasteiger partial charge is 0.341 e. The first-order valence-corrected chi connectivity index (χ1v) is 10.3. The van der Waals surface area contributed by atoms with Crippen LogP contribution in [0.5, 0.6) is 0 Å². The third kappa shape index (κ3) is 3.75. The minimum absolute atomic E-state index is 0.0150. The van der Waals surface area contributed by atoms with Gasteiger partial charge in [-0.25, -0.2) is 4.79 Å². The number of aryl methyl sites for hydroxylation is 2. The van der Waals surface area contributed by atoms with Gasteiger partial charge in [-0.05, 0) is 62.2 Å². The number of rotatable bonds is 5. The molecule has 0 bridgehead atoms. The highest BCUT2D eigenvalue weighted by molar-refractivity contribution is 6.16. The van der Waals surface area contributed by atoms with E-state index >= 15 is 0 Å². The molecule has 0 aliphatic carbocycles. The summed E-state index contributed by atoms with van der Waals surface area (Å²) in [7, 11) is 0. The second-order valence-corrected chi connectivity index (χ2v) is 7.61. The first kappa shape index (κ1) is 20.5. The van der Waals surface area contributed by atoms with E-state index in [2.05, 4.69) is 16.6 Å². The van der Waals surface area contributed by atoms with E-state index in [9.17, 15) is 9.59 Å². The van der Waals surface area contributed by atoms with Crippen molar-refractivity contribution in [2.24, 2.45) is 5.16 Å². The summed E-state index contributed by atoms with van der Waals surface area (Å²) in [4.78, 5) is 29.1. The lowest BCUT2D eigenvalue weighted by atomic mass is 9.97. The minimum Gasteiger partial charge on any atom is -0.341 e. The third-order valence-electron chi connectivity index (χ3n) is 5.56. The molecule has 0 spiro atoms. The number of ketones is 1. The highest BCUT2D eigenvalue weighted by Crippen LogP contribution is 2.31. The predicted octanol–water partition coefficient (Wildman–Crippen LogP) is 5.64. The Morgan fingerprint density at radius 1 is 0.903 bits per heavy atom.